The van der Waals surface area contributed by atoms with E-state index in [1.807, 2.05) is 31.3 Å². The Balaban J connectivity index is 2.09. The number of hydrogen-bond donors (Lipinski definition) is 1. The molecule has 0 fully saturated rings. The lowest BCUT2D eigenvalue weighted by molar-refractivity contribution is -0.141. The number of fused-ring (bicyclic) bond motifs is 1. The average Bonchev–Trinajstić information content (AvgIpc) is 2.74. The van der Waals surface area contributed by atoms with Crippen LogP contribution in [-0.2, 0) is 9.53 Å². The zero-order valence-electron chi connectivity index (χ0n) is 9.95. The van der Waals surface area contributed by atoms with Gasteiger partial charge in [0.1, 0.15) is 19.0 Å². The fraction of sp³-hybridized carbons (Fsp3) is 0.308. The maximum atomic E-state index is 10.6. The van der Waals surface area contributed by atoms with Crippen molar-refractivity contribution < 1.29 is 14.3 Å². The van der Waals surface area contributed by atoms with Gasteiger partial charge < -0.3 is 14.5 Å². The van der Waals surface area contributed by atoms with E-state index in [4.69, 9.17) is 9.47 Å². The maximum absolute atomic E-state index is 10.6. The van der Waals surface area contributed by atoms with Gasteiger partial charge >= 0.3 is 5.97 Å². The van der Waals surface area contributed by atoms with E-state index in [1.165, 1.54) is 6.92 Å². The van der Waals surface area contributed by atoms with Crippen LogP contribution < -0.4 is 4.74 Å². The standard InChI is InChI=1S/C13H15NO3/c1-9-3-4-12-11(5-6-14-12)13(9)17-8-7-16-10(2)15/h3-6,14H,7-8H2,1-2H3. The van der Waals surface area contributed by atoms with Gasteiger partial charge in [0.2, 0.25) is 0 Å². The van der Waals surface area contributed by atoms with E-state index in [-0.39, 0.29) is 12.6 Å². The minimum Gasteiger partial charge on any atom is -0.489 e. The van der Waals surface area contributed by atoms with E-state index < -0.39 is 0 Å². The molecule has 0 radical (unpaired) electrons. The Kier molecular flexibility index (Phi) is 3.32. The van der Waals surface area contributed by atoms with Crippen LogP contribution in [0.1, 0.15) is 12.5 Å². The highest BCUT2D eigenvalue weighted by molar-refractivity contribution is 5.87. The second-order valence-electron chi connectivity index (χ2n) is 3.84. The molecule has 4 heteroatoms. The Morgan fingerprint density at radius 1 is 1.29 bits per heavy atom. The summed E-state index contributed by atoms with van der Waals surface area (Å²) in [5.41, 5.74) is 2.11. The van der Waals surface area contributed by atoms with Crippen molar-refractivity contribution in [3.05, 3.63) is 30.0 Å². The monoisotopic (exact) mass is 233 g/mol. The van der Waals surface area contributed by atoms with Crippen molar-refractivity contribution in [2.24, 2.45) is 0 Å². The quantitative estimate of drug-likeness (QED) is 0.651. The third-order valence-electron chi connectivity index (χ3n) is 2.52. The third kappa shape index (κ3) is 2.58. The summed E-state index contributed by atoms with van der Waals surface area (Å²) in [6.07, 6.45) is 1.88. The van der Waals surface area contributed by atoms with Gasteiger partial charge in [0.25, 0.3) is 0 Å². The van der Waals surface area contributed by atoms with Crippen molar-refractivity contribution in [1.82, 2.24) is 4.98 Å². The van der Waals surface area contributed by atoms with Crippen molar-refractivity contribution in [1.29, 1.82) is 0 Å². The first-order chi connectivity index (χ1) is 8.18. The molecule has 0 amide bonds. The number of ether oxygens (including phenoxy) is 2. The van der Waals surface area contributed by atoms with Gasteiger partial charge in [0.05, 0.1) is 0 Å². The first-order valence-corrected chi connectivity index (χ1v) is 5.51. The summed E-state index contributed by atoms with van der Waals surface area (Å²) in [6, 6.07) is 5.99. The van der Waals surface area contributed by atoms with Crippen LogP contribution in [0.15, 0.2) is 24.4 Å². The molecule has 2 aromatic rings. The predicted octanol–water partition coefficient (Wildman–Crippen LogP) is 2.42. The number of aryl methyl sites for hydroxylation is 1. The molecule has 17 heavy (non-hydrogen) atoms. The van der Waals surface area contributed by atoms with Gasteiger partial charge in [-0.2, -0.15) is 0 Å². The van der Waals surface area contributed by atoms with Crippen LogP contribution in [-0.4, -0.2) is 24.2 Å². The van der Waals surface area contributed by atoms with E-state index >= 15 is 0 Å². The normalized spacial score (nSPS) is 10.5. The predicted molar refractivity (Wildman–Crippen MR) is 65.2 cm³/mol. The molecule has 0 bridgehead atoms. The van der Waals surface area contributed by atoms with E-state index in [1.54, 1.807) is 0 Å². The number of carbonyl (C=O) groups is 1. The second kappa shape index (κ2) is 4.91. The molecule has 0 spiro atoms. The van der Waals surface area contributed by atoms with Crippen molar-refractivity contribution in [2.45, 2.75) is 13.8 Å². The number of hydrogen-bond acceptors (Lipinski definition) is 3. The van der Waals surface area contributed by atoms with Gasteiger partial charge in [-0.1, -0.05) is 6.07 Å². The first-order valence-electron chi connectivity index (χ1n) is 5.51. The molecule has 4 nitrogen and oxygen atoms in total. The van der Waals surface area contributed by atoms with Crippen molar-refractivity contribution in [2.75, 3.05) is 13.2 Å². The number of carbonyl (C=O) groups excluding carboxylic acids is 1. The van der Waals surface area contributed by atoms with Crippen LogP contribution in [0.25, 0.3) is 10.9 Å². The molecule has 0 aliphatic rings. The molecule has 90 valence electrons. The first kappa shape index (κ1) is 11.5. The average molecular weight is 233 g/mol. The van der Waals surface area contributed by atoms with Gasteiger partial charge in [0, 0.05) is 24.0 Å². The molecule has 1 N–H and O–H groups in total. The van der Waals surface area contributed by atoms with Crippen LogP contribution >= 0.6 is 0 Å². The van der Waals surface area contributed by atoms with E-state index in [0.29, 0.717) is 6.61 Å². The Hall–Kier alpha value is -1.97. The number of esters is 1. The van der Waals surface area contributed by atoms with E-state index in [9.17, 15) is 4.79 Å². The molecular weight excluding hydrogens is 218 g/mol. The molecule has 2 rings (SSSR count). The van der Waals surface area contributed by atoms with Crippen LogP contribution in [0.5, 0.6) is 5.75 Å². The SMILES string of the molecule is CC(=O)OCCOc1c(C)ccc2[nH]ccc12. The van der Waals surface area contributed by atoms with Gasteiger partial charge in [-0.15, -0.1) is 0 Å². The van der Waals surface area contributed by atoms with Gasteiger partial charge in [-0.05, 0) is 24.6 Å². The smallest absolute Gasteiger partial charge is 0.302 e. The molecule has 0 atom stereocenters. The molecular formula is C13H15NO3. The topological polar surface area (TPSA) is 51.3 Å². The number of H-pyrrole nitrogens is 1. The molecule has 0 unspecified atom stereocenters. The number of aromatic nitrogens is 1. The highest BCUT2D eigenvalue weighted by atomic mass is 16.6. The fourth-order valence-electron chi connectivity index (χ4n) is 1.74. The summed E-state index contributed by atoms with van der Waals surface area (Å²) < 4.78 is 10.5. The molecule has 0 aliphatic heterocycles. The van der Waals surface area contributed by atoms with Gasteiger partial charge in [0.15, 0.2) is 0 Å². The van der Waals surface area contributed by atoms with Crippen LogP contribution in [0.4, 0.5) is 0 Å². The van der Waals surface area contributed by atoms with Crippen molar-refractivity contribution >= 4 is 16.9 Å². The summed E-state index contributed by atoms with van der Waals surface area (Å²) in [5, 5.41) is 1.05. The summed E-state index contributed by atoms with van der Waals surface area (Å²) in [5.74, 6) is 0.557. The van der Waals surface area contributed by atoms with E-state index in [2.05, 4.69) is 4.98 Å². The van der Waals surface area contributed by atoms with Crippen LogP contribution in [0.3, 0.4) is 0 Å². The van der Waals surface area contributed by atoms with Gasteiger partial charge in [-0.25, -0.2) is 0 Å². The third-order valence-corrected chi connectivity index (χ3v) is 2.52. The Morgan fingerprint density at radius 2 is 2.12 bits per heavy atom. The molecule has 0 saturated heterocycles. The van der Waals surface area contributed by atoms with Gasteiger partial charge in [-0.3, -0.25) is 4.79 Å². The number of rotatable bonds is 4. The molecule has 1 aromatic carbocycles. The highest BCUT2D eigenvalue weighted by Gasteiger charge is 2.06. The van der Waals surface area contributed by atoms with Crippen molar-refractivity contribution in [3.8, 4) is 5.75 Å². The minimum atomic E-state index is -0.287. The van der Waals surface area contributed by atoms with E-state index in [0.717, 1.165) is 22.2 Å². The summed E-state index contributed by atoms with van der Waals surface area (Å²) in [4.78, 5) is 13.7. The zero-order valence-corrected chi connectivity index (χ0v) is 9.95. The minimum absolute atomic E-state index is 0.273. The van der Waals surface area contributed by atoms with Crippen molar-refractivity contribution in [3.63, 3.8) is 0 Å². The maximum Gasteiger partial charge on any atom is 0.302 e. The fourth-order valence-corrected chi connectivity index (χ4v) is 1.74. The van der Waals surface area contributed by atoms with Crippen LogP contribution in [0.2, 0.25) is 0 Å². The zero-order chi connectivity index (χ0) is 12.3. The Morgan fingerprint density at radius 3 is 2.88 bits per heavy atom. The molecule has 1 heterocycles. The molecule has 0 aliphatic carbocycles. The lowest BCUT2D eigenvalue weighted by Gasteiger charge is -2.10. The number of nitrogens with one attached hydrogen (secondary N) is 1. The summed E-state index contributed by atoms with van der Waals surface area (Å²) in [7, 11) is 0. The lowest BCUT2D eigenvalue weighted by Crippen LogP contribution is -2.10. The Bertz CT molecular complexity index is 530. The largest absolute Gasteiger partial charge is 0.489 e. The summed E-state index contributed by atoms with van der Waals surface area (Å²) >= 11 is 0. The second-order valence-corrected chi connectivity index (χ2v) is 3.84. The summed E-state index contributed by atoms with van der Waals surface area (Å²) in [6.45, 7) is 4.02. The highest BCUT2D eigenvalue weighted by Crippen LogP contribution is 2.28. The Labute approximate surface area is 99.5 Å². The van der Waals surface area contributed by atoms with Crippen LogP contribution in [0, 0.1) is 6.92 Å². The molecule has 1 aromatic heterocycles. The number of aromatic amines is 1. The molecule has 0 saturated carbocycles. The number of benzene rings is 1. The lowest BCUT2D eigenvalue weighted by atomic mass is 10.1.